The van der Waals surface area contributed by atoms with Gasteiger partial charge in [0.05, 0.1) is 23.5 Å². The van der Waals surface area contributed by atoms with E-state index in [4.69, 9.17) is 0 Å². The van der Waals surface area contributed by atoms with Crippen LogP contribution in [-0.4, -0.2) is 24.5 Å². The lowest BCUT2D eigenvalue weighted by molar-refractivity contribution is -0.385. The first-order chi connectivity index (χ1) is 7.59. The molecule has 0 amide bonds. The maximum atomic E-state index is 11.7. The Morgan fingerprint density at radius 3 is 2.81 bits per heavy atom. The molecule has 0 spiro atoms. The Balaban J connectivity index is 2.70. The van der Waals surface area contributed by atoms with Crippen LogP contribution < -0.4 is 5.56 Å². The molecule has 8 heteroatoms. The predicted octanol–water partition coefficient (Wildman–Crippen LogP) is -0.126. The van der Waals surface area contributed by atoms with Gasteiger partial charge in [0.2, 0.25) is 0 Å². The number of pyridine rings is 1. The Labute approximate surface area is 88.9 Å². The summed E-state index contributed by atoms with van der Waals surface area (Å²) < 4.78 is 2.32. The van der Waals surface area contributed by atoms with Crippen molar-refractivity contribution in [3.63, 3.8) is 0 Å². The molecule has 2 aromatic rings. The summed E-state index contributed by atoms with van der Waals surface area (Å²) in [6, 6.07) is 1.16. The van der Waals surface area contributed by atoms with Gasteiger partial charge in [0.1, 0.15) is 5.69 Å². The fourth-order valence-electron chi connectivity index (χ4n) is 1.28. The summed E-state index contributed by atoms with van der Waals surface area (Å²) in [6.07, 6.45) is 3.99. The summed E-state index contributed by atoms with van der Waals surface area (Å²) in [5.41, 5.74) is -0.460. The molecule has 0 fully saturated rings. The van der Waals surface area contributed by atoms with Crippen LogP contribution in [0.5, 0.6) is 0 Å². The first-order valence-electron chi connectivity index (χ1n) is 4.31. The van der Waals surface area contributed by atoms with Gasteiger partial charge in [-0.1, -0.05) is 5.21 Å². The van der Waals surface area contributed by atoms with Crippen LogP contribution in [-0.2, 0) is 7.05 Å². The molecule has 0 radical (unpaired) electrons. The van der Waals surface area contributed by atoms with Crippen molar-refractivity contribution >= 4 is 5.69 Å². The van der Waals surface area contributed by atoms with E-state index < -0.39 is 4.92 Å². The zero-order valence-corrected chi connectivity index (χ0v) is 8.27. The van der Waals surface area contributed by atoms with Crippen molar-refractivity contribution in [2.24, 2.45) is 7.05 Å². The fourth-order valence-corrected chi connectivity index (χ4v) is 1.28. The standard InChI is InChI=1S/C8H7N5O3/c1-11-5-6(13(15)16)4-7(8(11)14)12-3-2-9-10-12/h2-5H,1H3. The molecule has 0 aliphatic carbocycles. The Kier molecular flexibility index (Phi) is 2.24. The molecule has 0 N–H and O–H groups in total. The van der Waals surface area contributed by atoms with E-state index >= 15 is 0 Å². The molecule has 0 aliphatic rings. The molecule has 16 heavy (non-hydrogen) atoms. The van der Waals surface area contributed by atoms with E-state index in [1.807, 2.05) is 0 Å². The Morgan fingerprint density at radius 1 is 1.50 bits per heavy atom. The quantitative estimate of drug-likeness (QED) is 0.520. The van der Waals surface area contributed by atoms with Crippen LogP contribution >= 0.6 is 0 Å². The summed E-state index contributed by atoms with van der Waals surface area (Å²) >= 11 is 0. The van der Waals surface area contributed by atoms with Crippen LogP contribution in [0.25, 0.3) is 5.69 Å². The highest BCUT2D eigenvalue weighted by Gasteiger charge is 2.13. The third-order valence-corrected chi connectivity index (χ3v) is 2.03. The average Bonchev–Trinajstić information content (AvgIpc) is 2.74. The highest BCUT2D eigenvalue weighted by atomic mass is 16.6. The number of hydrogen-bond donors (Lipinski definition) is 0. The molecule has 0 unspecified atom stereocenters. The number of rotatable bonds is 2. The van der Waals surface area contributed by atoms with Gasteiger partial charge in [-0.05, 0) is 0 Å². The highest BCUT2D eigenvalue weighted by Crippen LogP contribution is 2.11. The van der Waals surface area contributed by atoms with Gasteiger partial charge >= 0.3 is 0 Å². The largest absolute Gasteiger partial charge is 0.310 e. The van der Waals surface area contributed by atoms with Crippen molar-refractivity contribution in [3.05, 3.63) is 45.1 Å². The molecular weight excluding hydrogens is 214 g/mol. The molecule has 2 aromatic heterocycles. The van der Waals surface area contributed by atoms with Gasteiger partial charge in [-0.25, -0.2) is 4.68 Å². The normalized spacial score (nSPS) is 10.3. The summed E-state index contributed by atoms with van der Waals surface area (Å²) in [6.45, 7) is 0. The van der Waals surface area contributed by atoms with Crippen molar-refractivity contribution in [1.29, 1.82) is 0 Å². The third-order valence-electron chi connectivity index (χ3n) is 2.03. The number of aromatic nitrogens is 4. The minimum absolute atomic E-state index is 0.0919. The van der Waals surface area contributed by atoms with Crippen LogP contribution in [0.3, 0.4) is 0 Å². The van der Waals surface area contributed by atoms with Crippen LogP contribution in [0.2, 0.25) is 0 Å². The van der Waals surface area contributed by atoms with E-state index in [0.29, 0.717) is 0 Å². The topological polar surface area (TPSA) is 95.8 Å². The molecule has 2 heterocycles. The molecule has 0 aromatic carbocycles. The smallest absolute Gasteiger partial charge is 0.287 e. The maximum Gasteiger partial charge on any atom is 0.287 e. The minimum Gasteiger partial charge on any atom is -0.310 e. The van der Waals surface area contributed by atoms with Gasteiger partial charge < -0.3 is 4.57 Å². The molecule has 0 saturated carbocycles. The number of nitrogens with zero attached hydrogens (tertiary/aromatic N) is 5. The van der Waals surface area contributed by atoms with E-state index in [0.717, 1.165) is 16.8 Å². The van der Waals surface area contributed by atoms with Gasteiger partial charge in [-0.2, -0.15) is 0 Å². The Hall–Kier alpha value is -2.51. The maximum absolute atomic E-state index is 11.7. The van der Waals surface area contributed by atoms with E-state index in [1.165, 1.54) is 24.1 Å². The first kappa shape index (κ1) is 10.0. The summed E-state index contributed by atoms with van der Waals surface area (Å²) in [5.74, 6) is 0. The van der Waals surface area contributed by atoms with Crippen LogP contribution in [0.15, 0.2) is 29.5 Å². The SMILES string of the molecule is Cn1cc([N+](=O)[O-])cc(-n2ccnn2)c1=O. The van der Waals surface area contributed by atoms with Crippen molar-refractivity contribution in [3.8, 4) is 5.69 Å². The van der Waals surface area contributed by atoms with Crippen LogP contribution in [0.4, 0.5) is 5.69 Å². The van der Waals surface area contributed by atoms with Gasteiger partial charge in [0.15, 0.2) is 0 Å². The van der Waals surface area contributed by atoms with Gasteiger partial charge in [0.25, 0.3) is 11.2 Å². The third kappa shape index (κ3) is 1.56. The lowest BCUT2D eigenvalue weighted by atomic mass is 10.3. The molecule has 0 saturated heterocycles. The van der Waals surface area contributed by atoms with Crippen LogP contribution in [0.1, 0.15) is 0 Å². The summed E-state index contributed by atoms with van der Waals surface area (Å²) in [7, 11) is 1.44. The number of hydrogen-bond acceptors (Lipinski definition) is 5. The molecular formula is C8H7N5O3. The second kappa shape index (κ2) is 3.57. The molecule has 0 atom stereocenters. The van der Waals surface area contributed by atoms with Gasteiger partial charge in [0, 0.05) is 13.1 Å². The van der Waals surface area contributed by atoms with Crippen LogP contribution in [0, 0.1) is 10.1 Å². The minimum atomic E-state index is -0.570. The number of nitro groups is 1. The van der Waals surface area contributed by atoms with E-state index in [9.17, 15) is 14.9 Å². The van der Waals surface area contributed by atoms with Gasteiger partial charge in [-0.3, -0.25) is 14.9 Å². The van der Waals surface area contributed by atoms with E-state index in [-0.39, 0.29) is 16.9 Å². The molecule has 82 valence electrons. The molecule has 0 bridgehead atoms. The monoisotopic (exact) mass is 221 g/mol. The van der Waals surface area contributed by atoms with Crippen molar-refractivity contribution < 1.29 is 4.92 Å². The lowest BCUT2D eigenvalue weighted by Gasteiger charge is -2.02. The molecule has 2 rings (SSSR count). The van der Waals surface area contributed by atoms with Crippen molar-refractivity contribution in [1.82, 2.24) is 19.6 Å². The Morgan fingerprint density at radius 2 is 2.25 bits per heavy atom. The van der Waals surface area contributed by atoms with E-state index in [2.05, 4.69) is 10.3 Å². The average molecular weight is 221 g/mol. The van der Waals surface area contributed by atoms with Crippen molar-refractivity contribution in [2.45, 2.75) is 0 Å². The lowest BCUT2D eigenvalue weighted by Crippen LogP contribution is -2.22. The van der Waals surface area contributed by atoms with E-state index in [1.54, 1.807) is 0 Å². The number of aryl methyl sites for hydroxylation is 1. The molecule has 0 aliphatic heterocycles. The zero-order valence-electron chi connectivity index (χ0n) is 8.27. The predicted molar refractivity (Wildman–Crippen MR) is 53.3 cm³/mol. The zero-order chi connectivity index (χ0) is 11.7. The first-order valence-corrected chi connectivity index (χ1v) is 4.31. The summed E-state index contributed by atoms with van der Waals surface area (Å²) in [4.78, 5) is 21.8. The second-order valence-corrected chi connectivity index (χ2v) is 3.10. The van der Waals surface area contributed by atoms with Crippen molar-refractivity contribution in [2.75, 3.05) is 0 Å². The highest BCUT2D eigenvalue weighted by molar-refractivity contribution is 5.39. The molecule has 8 nitrogen and oxygen atoms in total. The van der Waals surface area contributed by atoms with Gasteiger partial charge in [-0.15, -0.1) is 5.10 Å². The fraction of sp³-hybridized carbons (Fsp3) is 0.125. The Bertz CT molecular complexity index is 586. The second-order valence-electron chi connectivity index (χ2n) is 3.10. The summed E-state index contributed by atoms with van der Waals surface area (Å²) in [5, 5.41) is 17.8.